The molecule has 318 valence electrons. The third-order valence-electron chi connectivity index (χ3n) is 12.6. The SMILES string of the molecule is C=CC(=O)N1CC[C@H](n2nc(C#Cc3ccc4sc(C5CCC5/C=C/CN5CC[C@H](n6nc(C#Cc7ccc8sc(C)nc8c7)c7c(N)ncnc76)C5)nc4c3)c3c(N)ncnc32)C1. The van der Waals surface area contributed by atoms with Gasteiger partial charge in [-0.05, 0) is 92.8 Å². The van der Waals surface area contributed by atoms with Crippen LogP contribution in [0.3, 0.4) is 0 Å². The van der Waals surface area contributed by atoms with E-state index in [4.69, 9.17) is 26.6 Å². The molecule has 1 saturated carbocycles. The summed E-state index contributed by atoms with van der Waals surface area (Å²) in [5.41, 5.74) is 18.8. The largest absolute Gasteiger partial charge is 0.383 e. The third kappa shape index (κ3) is 7.31. The molecule has 6 aromatic heterocycles. The lowest BCUT2D eigenvalue weighted by Crippen LogP contribution is -2.27. The molecule has 0 radical (unpaired) electrons. The van der Waals surface area contributed by atoms with E-state index < -0.39 is 0 Å². The summed E-state index contributed by atoms with van der Waals surface area (Å²) in [6.07, 6.45) is 13.0. The lowest BCUT2D eigenvalue weighted by Gasteiger charge is -2.33. The number of anilines is 2. The first-order chi connectivity index (χ1) is 31.3. The standard InChI is InChI=1S/C47H42N14OS2/c1-3-40(62)59-20-17-32(24-59)61-46-42(44(49)51-26-53-46)35(57-61)13-7-29-9-15-39-37(22-29)55-47(64-39)33-11-10-30(33)5-4-18-58-19-16-31(23-58)60-45-41(43(48)50-25-52-45)34(56-60)12-6-28-8-14-38-36(21-28)54-27(2)63-38/h3-5,8-9,14-15,21-22,25-26,30-33H,1,10-11,16-20,23-24H2,2H3,(H2,48,50,52)(H2,49,51,53)/b5-4+/t30?,31-,32-,33?/m0/s1. The molecule has 2 saturated heterocycles. The minimum Gasteiger partial charge on any atom is -0.383 e. The van der Waals surface area contributed by atoms with Crippen molar-refractivity contribution in [3.63, 3.8) is 0 Å². The Balaban J connectivity index is 0.750. The average molecular weight is 883 g/mol. The van der Waals surface area contributed by atoms with Gasteiger partial charge >= 0.3 is 0 Å². The van der Waals surface area contributed by atoms with E-state index in [9.17, 15) is 4.79 Å². The van der Waals surface area contributed by atoms with E-state index >= 15 is 0 Å². The van der Waals surface area contributed by atoms with Gasteiger partial charge < -0.3 is 16.4 Å². The van der Waals surface area contributed by atoms with Gasteiger partial charge in [0.1, 0.15) is 35.7 Å². The first-order valence-electron chi connectivity index (χ1n) is 21.4. The summed E-state index contributed by atoms with van der Waals surface area (Å²) in [6.45, 7) is 9.45. The van der Waals surface area contributed by atoms with Crippen LogP contribution in [0.2, 0.25) is 0 Å². The number of hydrogen-bond acceptors (Lipinski definition) is 14. The molecule has 3 aliphatic rings. The fourth-order valence-electron chi connectivity index (χ4n) is 9.14. The van der Waals surface area contributed by atoms with Crippen LogP contribution >= 0.6 is 22.7 Å². The number of hydrogen-bond donors (Lipinski definition) is 2. The highest BCUT2D eigenvalue weighted by Gasteiger charge is 2.34. The van der Waals surface area contributed by atoms with Crippen LogP contribution in [-0.4, -0.2) is 97.9 Å². The Kier molecular flexibility index (Phi) is 10.1. The van der Waals surface area contributed by atoms with Crippen LogP contribution < -0.4 is 11.5 Å². The Morgan fingerprint density at radius 2 is 1.41 bits per heavy atom. The highest BCUT2D eigenvalue weighted by molar-refractivity contribution is 7.18. The van der Waals surface area contributed by atoms with Crippen LogP contribution in [0.15, 0.2) is 73.9 Å². The second-order valence-electron chi connectivity index (χ2n) is 16.6. The van der Waals surface area contributed by atoms with E-state index in [1.807, 2.05) is 40.6 Å². The van der Waals surface area contributed by atoms with Gasteiger partial charge in [0, 0.05) is 49.8 Å². The van der Waals surface area contributed by atoms with E-state index in [0.29, 0.717) is 70.0 Å². The maximum atomic E-state index is 12.3. The van der Waals surface area contributed by atoms with Gasteiger partial charge in [-0.1, -0.05) is 30.6 Å². The minimum absolute atomic E-state index is 0.0496. The number of likely N-dealkylation sites (tertiary alicyclic amines) is 2. The smallest absolute Gasteiger partial charge is 0.246 e. The fourth-order valence-corrected chi connectivity index (χ4v) is 11.1. The van der Waals surface area contributed by atoms with Crippen LogP contribution in [0.5, 0.6) is 0 Å². The topological polar surface area (TPSA) is 189 Å². The number of allylic oxidation sites excluding steroid dienone is 1. The lowest BCUT2D eigenvalue weighted by atomic mass is 9.74. The van der Waals surface area contributed by atoms with Gasteiger partial charge in [0.2, 0.25) is 5.91 Å². The van der Waals surface area contributed by atoms with Gasteiger partial charge in [-0.15, -0.1) is 22.7 Å². The number of carbonyl (C=O) groups is 1. The monoisotopic (exact) mass is 882 g/mol. The second-order valence-corrected chi connectivity index (χ2v) is 18.9. The summed E-state index contributed by atoms with van der Waals surface area (Å²) in [7, 11) is 0. The van der Waals surface area contributed by atoms with Crippen LogP contribution in [-0.2, 0) is 4.79 Å². The number of rotatable bonds is 7. The second kappa shape index (κ2) is 16.3. The summed E-state index contributed by atoms with van der Waals surface area (Å²) >= 11 is 3.45. The molecular weight excluding hydrogens is 841 g/mol. The molecule has 3 fully saturated rings. The first-order valence-corrected chi connectivity index (χ1v) is 23.0. The van der Waals surface area contributed by atoms with E-state index in [2.05, 4.69) is 84.4 Å². The Morgan fingerprint density at radius 1 is 0.781 bits per heavy atom. The van der Waals surface area contributed by atoms with Gasteiger partial charge in [-0.2, -0.15) is 10.2 Å². The number of amides is 1. The highest BCUT2D eigenvalue weighted by Crippen LogP contribution is 2.46. The molecule has 2 aromatic carbocycles. The highest BCUT2D eigenvalue weighted by atomic mass is 32.1. The van der Waals surface area contributed by atoms with Gasteiger partial charge in [0.15, 0.2) is 11.3 Å². The lowest BCUT2D eigenvalue weighted by molar-refractivity contribution is -0.125. The van der Waals surface area contributed by atoms with Gasteiger partial charge in [0.25, 0.3) is 0 Å². The van der Waals surface area contributed by atoms with Crippen LogP contribution in [0.4, 0.5) is 11.6 Å². The van der Waals surface area contributed by atoms with E-state index in [0.717, 1.165) is 81.9 Å². The number of carbonyl (C=O) groups excluding carboxylic acids is 1. The molecule has 2 aliphatic heterocycles. The van der Waals surface area contributed by atoms with Crippen molar-refractivity contribution >= 4 is 82.7 Å². The first kappa shape index (κ1) is 39.8. The molecule has 8 aromatic rings. The number of benzene rings is 2. The maximum Gasteiger partial charge on any atom is 0.246 e. The van der Waals surface area contributed by atoms with E-state index in [1.54, 1.807) is 27.6 Å². The predicted octanol–water partition coefficient (Wildman–Crippen LogP) is 6.41. The zero-order valence-corrected chi connectivity index (χ0v) is 36.6. The summed E-state index contributed by atoms with van der Waals surface area (Å²) in [5, 5.41) is 13.3. The number of aryl methyl sites for hydroxylation is 1. The molecule has 0 bridgehead atoms. The van der Waals surface area contributed by atoms with E-state index in [-0.39, 0.29) is 18.0 Å². The van der Waals surface area contributed by atoms with Crippen molar-refractivity contribution in [2.45, 2.75) is 50.6 Å². The molecule has 4 atom stereocenters. The van der Waals surface area contributed by atoms with Crippen molar-refractivity contribution in [2.24, 2.45) is 5.92 Å². The molecule has 1 aliphatic carbocycles. The number of fused-ring (bicyclic) bond motifs is 4. The molecular formula is C47H42N14OS2. The number of nitrogens with two attached hydrogens (primary N) is 2. The van der Waals surface area contributed by atoms with Crippen LogP contribution in [0.25, 0.3) is 42.5 Å². The Morgan fingerprint density at radius 3 is 2.05 bits per heavy atom. The van der Waals surface area contributed by atoms with Gasteiger partial charge in [-0.25, -0.2) is 39.3 Å². The summed E-state index contributed by atoms with van der Waals surface area (Å²) in [5.74, 6) is 14.5. The predicted molar refractivity (Wildman–Crippen MR) is 251 cm³/mol. The van der Waals surface area contributed by atoms with Crippen molar-refractivity contribution < 1.29 is 4.79 Å². The third-order valence-corrected chi connectivity index (χ3v) is 14.7. The van der Waals surface area contributed by atoms with Gasteiger partial charge in [-0.3, -0.25) is 9.69 Å². The average Bonchev–Trinajstić information content (AvgIpc) is 4.15. The Hall–Kier alpha value is -7.05. The Labute approximate surface area is 375 Å². The molecule has 0 spiro atoms. The number of aromatic nitrogens is 10. The summed E-state index contributed by atoms with van der Waals surface area (Å²) < 4.78 is 6.13. The summed E-state index contributed by atoms with van der Waals surface area (Å²) in [4.78, 5) is 43.8. The zero-order chi connectivity index (χ0) is 43.5. The molecule has 1 amide bonds. The number of nitrogen functional groups attached to an aromatic ring is 2. The quantitative estimate of drug-likeness (QED) is 0.102. The molecule has 17 heteroatoms. The number of nitrogens with zero attached hydrogens (tertiary/aromatic N) is 12. The molecule has 8 heterocycles. The zero-order valence-electron chi connectivity index (χ0n) is 35.0. The number of thiazole rings is 2. The Bertz CT molecular complexity index is 3340. The van der Waals surface area contributed by atoms with Crippen molar-refractivity contribution in [3.8, 4) is 23.7 Å². The van der Waals surface area contributed by atoms with Crippen LogP contribution in [0, 0.1) is 36.5 Å². The minimum atomic E-state index is -0.0939. The molecule has 11 rings (SSSR count). The van der Waals surface area contributed by atoms with Gasteiger partial charge in [0.05, 0.1) is 53.3 Å². The molecule has 64 heavy (non-hydrogen) atoms. The van der Waals surface area contributed by atoms with Crippen molar-refractivity contribution in [1.82, 2.24) is 59.3 Å². The van der Waals surface area contributed by atoms with Crippen molar-refractivity contribution in [2.75, 3.05) is 44.2 Å². The van der Waals surface area contributed by atoms with Crippen LogP contribution in [0.1, 0.15) is 76.2 Å². The normalized spacial score (nSPS) is 20.0. The fraction of sp³-hybridized carbons (Fsp3) is 0.298. The van der Waals surface area contributed by atoms with Crippen molar-refractivity contribution in [1.29, 1.82) is 0 Å². The maximum absolute atomic E-state index is 12.3. The molecule has 4 N–H and O–H groups in total. The molecule has 2 unspecified atom stereocenters. The van der Waals surface area contributed by atoms with Crippen molar-refractivity contribution in [3.05, 3.63) is 106 Å². The van der Waals surface area contributed by atoms with E-state index in [1.165, 1.54) is 23.7 Å². The molecule has 15 nitrogen and oxygen atoms in total. The summed E-state index contributed by atoms with van der Waals surface area (Å²) in [6, 6.07) is 12.4.